The normalized spacial score (nSPS) is 14.8. The van der Waals surface area contributed by atoms with E-state index in [1.165, 1.54) is 0 Å². The number of esters is 1. The zero-order valence-electron chi connectivity index (χ0n) is 18.7. The molecule has 9 heteroatoms. The zero-order chi connectivity index (χ0) is 23.3. The topological polar surface area (TPSA) is 110 Å². The zero-order valence-corrected chi connectivity index (χ0v) is 18.7. The predicted octanol–water partition coefficient (Wildman–Crippen LogP) is 3.80. The number of benzene rings is 1. The minimum absolute atomic E-state index is 0.179. The summed E-state index contributed by atoms with van der Waals surface area (Å²) in [6.07, 6.45) is 4.01. The van der Waals surface area contributed by atoms with E-state index in [1.807, 2.05) is 25.7 Å². The minimum atomic E-state index is -0.508. The number of amides is 1. The van der Waals surface area contributed by atoms with Crippen molar-refractivity contribution in [3.05, 3.63) is 41.8 Å². The van der Waals surface area contributed by atoms with Crippen molar-refractivity contribution in [3.63, 3.8) is 0 Å². The van der Waals surface area contributed by atoms with Gasteiger partial charge in [0.2, 0.25) is 11.9 Å². The average molecular weight is 444 g/mol. The van der Waals surface area contributed by atoms with Gasteiger partial charge in [0.1, 0.15) is 5.60 Å². The van der Waals surface area contributed by atoms with Crippen LogP contribution >= 0.6 is 0 Å². The van der Waals surface area contributed by atoms with Gasteiger partial charge in [0, 0.05) is 30.8 Å². The largest absolute Gasteiger partial charge is 0.460 e. The van der Waals surface area contributed by atoms with Crippen LogP contribution in [0.1, 0.15) is 56.8 Å². The second-order valence-corrected chi connectivity index (χ2v) is 8.99. The van der Waals surface area contributed by atoms with Gasteiger partial charge in [-0.15, -0.1) is 0 Å². The van der Waals surface area contributed by atoms with Gasteiger partial charge in [-0.2, -0.15) is 4.98 Å². The van der Waals surface area contributed by atoms with E-state index in [9.17, 15) is 14.0 Å². The second kappa shape index (κ2) is 9.93. The first-order valence-corrected chi connectivity index (χ1v) is 10.8. The van der Waals surface area contributed by atoms with E-state index in [-0.39, 0.29) is 17.7 Å². The summed E-state index contributed by atoms with van der Waals surface area (Å²) in [6.45, 7) is 6.88. The molecular weight excluding hydrogens is 413 g/mol. The number of piperidine rings is 1. The number of aromatic nitrogens is 2. The SMILES string of the molecule is CC(C)(C)OC(=O)CCC1CCN(c2nc(Nc3ccc(C(N)=O)cc3)ncc2F)CC1. The van der Waals surface area contributed by atoms with Gasteiger partial charge in [-0.25, -0.2) is 9.37 Å². The Kier molecular flexibility index (Phi) is 7.27. The van der Waals surface area contributed by atoms with Crippen molar-refractivity contribution in [1.82, 2.24) is 9.97 Å². The minimum Gasteiger partial charge on any atom is -0.460 e. The summed E-state index contributed by atoms with van der Waals surface area (Å²) in [5.41, 5.74) is 5.83. The monoisotopic (exact) mass is 443 g/mol. The van der Waals surface area contributed by atoms with Crippen LogP contribution in [0.5, 0.6) is 0 Å². The van der Waals surface area contributed by atoms with Crippen molar-refractivity contribution in [2.75, 3.05) is 23.3 Å². The van der Waals surface area contributed by atoms with Crippen LogP contribution in [0.4, 0.5) is 21.8 Å². The first kappa shape index (κ1) is 23.4. The van der Waals surface area contributed by atoms with Gasteiger partial charge in [-0.3, -0.25) is 9.59 Å². The maximum Gasteiger partial charge on any atom is 0.306 e. The summed E-state index contributed by atoms with van der Waals surface area (Å²) in [6, 6.07) is 6.56. The van der Waals surface area contributed by atoms with Crippen molar-refractivity contribution in [1.29, 1.82) is 0 Å². The molecule has 32 heavy (non-hydrogen) atoms. The fourth-order valence-corrected chi connectivity index (χ4v) is 3.63. The summed E-state index contributed by atoms with van der Waals surface area (Å²) < 4.78 is 19.8. The number of ether oxygens (including phenoxy) is 1. The molecule has 8 nitrogen and oxygen atoms in total. The van der Waals surface area contributed by atoms with Gasteiger partial charge >= 0.3 is 5.97 Å². The lowest BCUT2D eigenvalue weighted by Crippen LogP contribution is -2.35. The van der Waals surface area contributed by atoms with Gasteiger partial charge in [0.15, 0.2) is 11.6 Å². The molecule has 1 aromatic heterocycles. The third-order valence-electron chi connectivity index (χ3n) is 5.24. The number of nitrogens with one attached hydrogen (secondary N) is 1. The smallest absolute Gasteiger partial charge is 0.306 e. The molecule has 3 N–H and O–H groups in total. The van der Waals surface area contributed by atoms with Crippen LogP contribution in [-0.4, -0.2) is 40.5 Å². The Bertz CT molecular complexity index is 951. The van der Waals surface area contributed by atoms with Crippen LogP contribution in [0.3, 0.4) is 0 Å². The highest BCUT2D eigenvalue weighted by Crippen LogP contribution is 2.28. The standard InChI is InChI=1S/C23H30FN5O3/c1-23(2,3)32-19(30)9-4-15-10-12-29(13-11-15)21-18(24)14-26-22(28-21)27-17-7-5-16(6-8-17)20(25)31/h5-8,14-15H,4,9-13H2,1-3H3,(H2,25,31)(H,26,27,28). The molecule has 3 rings (SSSR count). The maximum absolute atomic E-state index is 14.4. The van der Waals surface area contributed by atoms with Gasteiger partial charge in [0.25, 0.3) is 0 Å². The molecule has 1 aromatic carbocycles. The first-order chi connectivity index (χ1) is 15.1. The van der Waals surface area contributed by atoms with Gasteiger partial charge < -0.3 is 20.7 Å². The third kappa shape index (κ3) is 6.63. The molecule has 1 amide bonds. The number of primary amides is 1. The molecule has 0 aliphatic carbocycles. The number of hydrogen-bond acceptors (Lipinski definition) is 7. The Balaban J connectivity index is 1.56. The van der Waals surface area contributed by atoms with E-state index in [0.717, 1.165) is 25.5 Å². The van der Waals surface area contributed by atoms with Crippen molar-refractivity contribution in [3.8, 4) is 0 Å². The molecule has 1 saturated heterocycles. The average Bonchev–Trinajstić information content (AvgIpc) is 2.73. The van der Waals surface area contributed by atoms with Crippen LogP contribution in [-0.2, 0) is 9.53 Å². The number of carbonyl (C=O) groups is 2. The third-order valence-corrected chi connectivity index (χ3v) is 5.24. The summed E-state index contributed by atoms with van der Waals surface area (Å²) in [4.78, 5) is 33.4. The number of anilines is 3. The van der Waals surface area contributed by atoms with Crippen LogP contribution in [0, 0.1) is 11.7 Å². The lowest BCUT2D eigenvalue weighted by atomic mass is 9.92. The highest BCUT2D eigenvalue weighted by Gasteiger charge is 2.24. The summed E-state index contributed by atoms with van der Waals surface area (Å²) in [7, 11) is 0. The molecule has 1 aliphatic heterocycles. The maximum atomic E-state index is 14.4. The van der Waals surface area contributed by atoms with E-state index >= 15 is 0 Å². The molecule has 2 aromatic rings. The summed E-state index contributed by atoms with van der Waals surface area (Å²) in [5.74, 6) is -0.258. The van der Waals surface area contributed by atoms with Crippen molar-refractivity contribution in [2.24, 2.45) is 11.7 Å². The van der Waals surface area contributed by atoms with Crippen LogP contribution < -0.4 is 16.0 Å². The molecule has 0 spiro atoms. The molecule has 2 heterocycles. The summed E-state index contributed by atoms with van der Waals surface area (Å²) in [5, 5.41) is 3.02. The fourth-order valence-electron chi connectivity index (χ4n) is 3.63. The highest BCUT2D eigenvalue weighted by molar-refractivity contribution is 5.93. The number of carbonyl (C=O) groups excluding carboxylic acids is 2. The Morgan fingerprint density at radius 2 is 1.88 bits per heavy atom. The molecule has 0 bridgehead atoms. The van der Waals surface area contributed by atoms with Gasteiger partial charge in [-0.05, 0) is 70.2 Å². The molecule has 0 unspecified atom stereocenters. The number of rotatable bonds is 7. The van der Waals surface area contributed by atoms with Crippen LogP contribution in [0.15, 0.2) is 30.5 Å². The quantitative estimate of drug-likeness (QED) is 0.626. The highest BCUT2D eigenvalue weighted by atomic mass is 19.1. The van der Waals surface area contributed by atoms with Crippen LogP contribution in [0.2, 0.25) is 0 Å². The number of halogens is 1. The Morgan fingerprint density at radius 3 is 2.47 bits per heavy atom. The van der Waals surface area contributed by atoms with Crippen molar-refractivity contribution < 1.29 is 18.7 Å². The molecule has 1 aliphatic rings. The van der Waals surface area contributed by atoms with Crippen LogP contribution in [0.25, 0.3) is 0 Å². The van der Waals surface area contributed by atoms with E-state index < -0.39 is 17.3 Å². The molecule has 172 valence electrons. The lowest BCUT2D eigenvalue weighted by Gasteiger charge is -2.33. The lowest BCUT2D eigenvalue weighted by molar-refractivity contribution is -0.155. The second-order valence-electron chi connectivity index (χ2n) is 8.99. The first-order valence-electron chi connectivity index (χ1n) is 10.8. The molecule has 0 atom stereocenters. The van der Waals surface area contributed by atoms with Crippen molar-refractivity contribution in [2.45, 2.75) is 52.1 Å². The number of nitrogens with two attached hydrogens (primary N) is 1. The predicted molar refractivity (Wildman–Crippen MR) is 120 cm³/mol. The molecular formula is C23H30FN5O3. The van der Waals surface area contributed by atoms with E-state index in [2.05, 4.69) is 15.3 Å². The fraction of sp³-hybridized carbons (Fsp3) is 0.478. The van der Waals surface area contributed by atoms with Crippen molar-refractivity contribution >= 4 is 29.3 Å². The summed E-state index contributed by atoms with van der Waals surface area (Å²) >= 11 is 0. The Hall–Kier alpha value is -3.23. The number of hydrogen-bond donors (Lipinski definition) is 2. The molecule has 0 saturated carbocycles. The molecule has 1 fully saturated rings. The number of nitrogens with zero attached hydrogens (tertiary/aromatic N) is 3. The molecule has 0 radical (unpaired) electrons. The van der Waals surface area contributed by atoms with E-state index in [4.69, 9.17) is 10.5 Å². The van der Waals surface area contributed by atoms with Gasteiger partial charge in [0.05, 0.1) is 6.20 Å². The Labute approximate surface area is 187 Å². The Morgan fingerprint density at radius 1 is 1.22 bits per heavy atom. The van der Waals surface area contributed by atoms with Gasteiger partial charge in [-0.1, -0.05) is 0 Å². The van der Waals surface area contributed by atoms with E-state index in [0.29, 0.717) is 36.7 Å². The van der Waals surface area contributed by atoms with E-state index in [1.54, 1.807) is 24.3 Å².